The Balaban J connectivity index is 2.36. The van der Waals surface area contributed by atoms with Gasteiger partial charge < -0.3 is 0 Å². The van der Waals surface area contributed by atoms with E-state index in [0.29, 0.717) is 0 Å². The first-order valence-electron chi connectivity index (χ1n) is 4.01. The summed E-state index contributed by atoms with van der Waals surface area (Å²) in [6.07, 6.45) is 3.60. The van der Waals surface area contributed by atoms with Crippen LogP contribution in [0.2, 0.25) is 0 Å². The molecule has 0 saturated heterocycles. The molecule has 4 nitrogen and oxygen atoms in total. The van der Waals surface area contributed by atoms with Crippen molar-refractivity contribution in [1.82, 2.24) is 0 Å². The molecular weight excluding hydrogens is 335 g/mol. The first-order valence-corrected chi connectivity index (χ1v) is 8.70. The Bertz CT molecular complexity index is 436. The molecular formula is C9H7ClO4Te. The Morgan fingerprint density at radius 2 is 1.87 bits per heavy atom. The van der Waals surface area contributed by atoms with Gasteiger partial charge in [-0.15, -0.1) is 0 Å². The molecule has 0 aromatic heterocycles. The van der Waals surface area contributed by atoms with Crippen LogP contribution in [0.15, 0.2) is 30.3 Å². The van der Waals surface area contributed by atoms with Crippen molar-refractivity contribution in [1.29, 1.82) is 0 Å². The number of allylic oxidation sites excluding steroid dienone is 1. The Morgan fingerprint density at radius 3 is 2.60 bits per heavy atom. The predicted octanol–water partition coefficient (Wildman–Crippen LogP) is -2.79. The van der Waals surface area contributed by atoms with Gasteiger partial charge in [0.2, 0.25) is 0 Å². The molecule has 15 heavy (non-hydrogen) atoms. The van der Waals surface area contributed by atoms with E-state index in [0.717, 1.165) is 9.17 Å². The Hall–Kier alpha value is -0.250. The Kier molecular flexibility index (Phi) is 3.24. The summed E-state index contributed by atoms with van der Waals surface area (Å²) in [7, 11) is -4.33. The summed E-state index contributed by atoms with van der Waals surface area (Å²) in [5, 5.41) is 0. The van der Waals surface area contributed by atoms with Gasteiger partial charge in [0.15, 0.2) is 0 Å². The van der Waals surface area contributed by atoms with Crippen LogP contribution in [0.3, 0.4) is 0 Å². The molecule has 1 aromatic rings. The van der Waals surface area contributed by atoms with Gasteiger partial charge in [0.25, 0.3) is 0 Å². The van der Waals surface area contributed by atoms with E-state index in [4.69, 9.17) is 0 Å². The van der Waals surface area contributed by atoms with Crippen LogP contribution in [0, 0.1) is 10.2 Å². The summed E-state index contributed by atoms with van der Waals surface area (Å²) < 4.78 is 38.6. The second-order valence-electron chi connectivity index (χ2n) is 2.77. The molecule has 6 heteroatoms. The fraction of sp³-hybridized carbons (Fsp3) is 0. The van der Waals surface area contributed by atoms with Crippen molar-refractivity contribution in [2.45, 2.75) is 0 Å². The van der Waals surface area contributed by atoms with Crippen molar-refractivity contribution in [3.63, 3.8) is 0 Å². The summed E-state index contributed by atoms with van der Waals surface area (Å²) in [5.74, 6) is 0. The molecule has 0 unspecified atom stereocenters. The standard InChI is InChI=1S/C9H7ClO4Te/c11-10(12,13)14-15-7-3-5-8-4-1-2-6-9(8)15/h1-7H. The first kappa shape index (κ1) is 11.2. The van der Waals surface area contributed by atoms with E-state index in [1.165, 1.54) is 0 Å². The predicted molar refractivity (Wildman–Crippen MR) is 48.0 cm³/mol. The van der Waals surface area contributed by atoms with Crippen LogP contribution in [-0.4, -0.2) is 23.5 Å². The third-order valence-electron chi connectivity index (χ3n) is 1.76. The third kappa shape index (κ3) is 2.86. The van der Waals surface area contributed by atoms with Gasteiger partial charge >= 0.3 is 96.0 Å². The summed E-state index contributed by atoms with van der Waals surface area (Å²) in [6.45, 7) is 0. The van der Waals surface area contributed by atoms with E-state index in [2.05, 4.69) is 2.65 Å². The van der Waals surface area contributed by atoms with E-state index in [9.17, 15) is 14.0 Å². The fourth-order valence-electron chi connectivity index (χ4n) is 1.23. The van der Waals surface area contributed by atoms with Crippen molar-refractivity contribution < 1.29 is 26.9 Å². The number of hydrogen-bond donors (Lipinski definition) is 0. The molecule has 0 atom stereocenters. The van der Waals surface area contributed by atoms with Crippen molar-refractivity contribution >= 4 is 33.2 Å². The van der Waals surface area contributed by atoms with Gasteiger partial charge in [-0.05, 0) is 0 Å². The molecule has 1 aromatic carbocycles. The van der Waals surface area contributed by atoms with Gasteiger partial charge in [-0.25, -0.2) is 0 Å². The molecule has 1 heterocycles. The zero-order valence-electron chi connectivity index (χ0n) is 7.46. The molecule has 1 aliphatic heterocycles. The zero-order valence-corrected chi connectivity index (χ0v) is 10.5. The molecule has 0 spiro atoms. The Labute approximate surface area is 95.8 Å². The molecule has 0 amide bonds. The number of fused-ring (bicyclic) bond motifs is 1. The second-order valence-corrected chi connectivity index (χ2v) is 8.46. The van der Waals surface area contributed by atoms with Gasteiger partial charge in [0, 0.05) is 0 Å². The van der Waals surface area contributed by atoms with E-state index in [1.807, 2.05) is 18.2 Å². The molecule has 2 rings (SSSR count). The van der Waals surface area contributed by atoms with Crippen LogP contribution in [0.25, 0.3) is 6.08 Å². The fourth-order valence-corrected chi connectivity index (χ4v) is 6.58. The summed E-state index contributed by atoms with van der Waals surface area (Å²) in [5.41, 5.74) is 0.926. The zero-order chi connectivity index (χ0) is 10.9. The maximum absolute atomic E-state index is 10.5. The minimum atomic E-state index is -4.33. The van der Waals surface area contributed by atoms with E-state index < -0.39 is 29.7 Å². The SMILES string of the molecule is [O-][Cl+3]([O-])([O-])O[Te]1=CC=Cc2ccccc21. The Morgan fingerprint density at radius 1 is 1.13 bits per heavy atom. The normalized spacial score (nSPS) is 15.9. The van der Waals surface area contributed by atoms with Gasteiger partial charge in [-0.3, -0.25) is 0 Å². The summed E-state index contributed by atoms with van der Waals surface area (Å²) in [4.78, 5) is 0. The van der Waals surface area contributed by atoms with Crippen LogP contribution in [0.1, 0.15) is 5.56 Å². The van der Waals surface area contributed by atoms with Gasteiger partial charge in [-0.2, -0.15) is 0 Å². The summed E-state index contributed by atoms with van der Waals surface area (Å²) in [6, 6.07) is 7.32. The van der Waals surface area contributed by atoms with Crippen LogP contribution in [0.4, 0.5) is 0 Å². The quantitative estimate of drug-likeness (QED) is 0.545. The topological polar surface area (TPSA) is 78.4 Å². The molecule has 0 N–H and O–H groups in total. The van der Waals surface area contributed by atoms with Crippen molar-refractivity contribution in [3.8, 4) is 0 Å². The number of hydrogen-bond acceptors (Lipinski definition) is 4. The average molecular weight is 342 g/mol. The van der Waals surface area contributed by atoms with Crippen LogP contribution >= 0.6 is 0 Å². The van der Waals surface area contributed by atoms with Crippen molar-refractivity contribution in [3.05, 3.63) is 35.9 Å². The molecule has 1 aliphatic rings. The van der Waals surface area contributed by atoms with Crippen LogP contribution in [-0.2, 0) is 2.65 Å². The van der Waals surface area contributed by atoms with Gasteiger partial charge in [0.05, 0.1) is 0 Å². The van der Waals surface area contributed by atoms with Crippen LogP contribution < -0.4 is 17.6 Å². The molecule has 0 aliphatic carbocycles. The van der Waals surface area contributed by atoms with Crippen molar-refractivity contribution in [2.75, 3.05) is 0 Å². The number of rotatable bonds is 2. The summed E-state index contributed by atoms with van der Waals surface area (Å²) >= 11 is -2.60. The van der Waals surface area contributed by atoms with Crippen molar-refractivity contribution in [2.24, 2.45) is 0 Å². The van der Waals surface area contributed by atoms with E-state index in [1.54, 1.807) is 22.3 Å². The average Bonchev–Trinajstić information content (AvgIpc) is 2.16. The number of benzene rings is 1. The molecule has 0 saturated carbocycles. The molecule has 0 bridgehead atoms. The molecule has 0 radical (unpaired) electrons. The third-order valence-corrected chi connectivity index (χ3v) is 7.98. The number of halogens is 1. The molecule has 0 fully saturated rings. The van der Waals surface area contributed by atoms with Gasteiger partial charge in [-0.1, -0.05) is 0 Å². The van der Waals surface area contributed by atoms with E-state index in [-0.39, 0.29) is 0 Å². The second kappa shape index (κ2) is 4.32. The van der Waals surface area contributed by atoms with Crippen LogP contribution in [0.5, 0.6) is 0 Å². The maximum atomic E-state index is 10.5. The van der Waals surface area contributed by atoms with Gasteiger partial charge in [0.1, 0.15) is 0 Å². The monoisotopic (exact) mass is 344 g/mol. The van der Waals surface area contributed by atoms with E-state index >= 15 is 0 Å². The first-order chi connectivity index (χ1) is 7.06. The minimum absolute atomic E-state index is 0.843. The molecule has 80 valence electrons.